The predicted octanol–water partition coefficient (Wildman–Crippen LogP) is 5.17. The quantitative estimate of drug-likeness (QED) is 0.410. The number of aryl methyl sites for hydroxylation is 1. The Labute approximate surface area is 186 Å². The van der Waals surface area contributed by atoms with Crippen molar-refractivity contribution in [3.63, 3.8) is 0 Å². The van der Waals surface area contributed by atoms with E-state index < -0.39 is 29.0 Å². The van der Waals surface area contributed by atoms with E-state index in [1.54, 1.807) is 6.26 Å². The van der Waals surface area contributed by atoms with E-state index in [1.165, 1.54) is 14.1 Å². The number of furan rings is 1. The molecule has 1 atom stereocenters. The van der Waals surface area contributed by atoms with Crippen molar-refractivity contribution in [3.05, 3.63) is 46.9 Å². The highest BCUT2D eigenvalue weighted by Crippen LogP contribution is 2.41. The zero-order chi connectivity index (χ0) is 23.6. The minimum Gasteiger partial charge on any atom is -0.505 e. The van der Waals surface area contributed by atoms with Gasteiger partial charge in [-0.2, -0.15) is 21.9 Å². The van der Waals surface area contributed by atoms with Crippen LogP contribution in [0.1, 0.15) is 46.6 Å². The molecular weight excluding hydrogens is 447 g/mol. The van der Waals surface area contributed by atoms with Crippen molar-refractivity contribution in [2.24, 2.45) is 0 Å². The van der Waals surface area contributed by atoms with Gasteiger partial charge in [-0.3, -0.25) is 4.79 Å². The van der Waals surface area contributed by atoms with Crippen molar-refractivity contribution >= 4 is 35.0 Å². The highest BCUT2D eigenvalue weighted by atomic mass is 32.1. The number of rotatable bonds is 7. The van der Waals surface area contributed by atoms with Crippen LogP contribution in [0.15, 0.2) is 28.9 Å². The Kier molecular flexibility index (Phi) is 6.63. The molecule has 1 aromatic carbocycles. The number of hydrogen-bond acceptors (Lipinski definition) is 8. The topological polar surface area (TPSA) is 104 Å². The average Bonchev–Trinajstić information content (AvgIpc) is 3.34. The van der Waals surface area contributed by atoms with Crippen molar-refractivity contribution in [2.45, 2.75) is 32.5 Å². The summed E-state index contributed by atoms with van der Waals surface area (Å²) in [5, 5.41) is 16.5. The van der Waals surface area contributed by atoms with E-state index in [-0.39, 0.29) is 17.5 Å². The summed E-state index contributed by atoms with van der Waals surface area (Å²) >= 11 is 0.875. The van der Waals surface area contributed by atoms with Gasteiger partial charge in [0.25, 0.3) is 5.91 Å². The highest BCUT2D eigenvalue weighted by Gasteiger charge is 2.38. The number of nitrogens with one attached hydrogen (secondary N) is 2. The number of carbonyl (C=O) groups is 1. The number of halogens is 3. The molecular formula is C20H22F3N5O3S. The van der Waals surface area contributed by atoms with Gasteiger partial charge in [0.1, 0.15) is 5.76 Å². The molecule has 0 saturated carbocycles. The SMILES string of the molecule is CC[C@@H](Nc1nsnc1Nc1ccc(C(F)(F)F)c(C(=O)N(C)C)c1O)c1cc(C)co1. The summed E-state index contributed by atoms with van der Waals surface area (Å²) < 4.78 is 54.1. The van der Waals surface area contributed by atoms with Crippen LogP contribution in [-0.2, 0) is 6.18 Å². The number of benzene rings is 1. The molecule has 3 N–H and O–H groups in total. The van der Waals surface area contributed by atoms with Gasteiger partial charge in [0.2, 0.25) is 0 Å². The first-order valence-corrected chi connectivity index (χ1v) is 10.3. The van der Waals surface area contributed by atoms with Gasteiger partial charge in [-0.15, -0.1) is 0 Å². The Morgan fingerprint density at radius 3 is 2.53 bits per heavy atom. The molecule has 32 heavy (non-hydrogen) atoms. The van der Waals surface area contributed by atoms with Crippen LogP contribution in [0, 0.1) is 6.92 Å². The summed E-state index contributed by atoms with van der Waals surface area (Å²) in [7, 11) is 2.60. The molecule has 0 spiro atoms. The number of aromatic nitrogens is 2. The lowest BCUT2D eigenvalue weighted by molar-refractivity contribution is -0.138. The third kappa shape index (κ3) is 4.79. The largest absolute Gasteiger partial charge is 0.505 e. The second kappa shape index (κ2) is 9.07. The molecule has 8 nitrogen and oxygen atoms in total. The van der Waals surface area contributed by atoms with E-state index in [0.717, 1.165) is 34.3 Å². The highest BCUT2D eigenvalue weighted by molar-refractivity contribution is 6.99. The molecule has 172 valence electrons. The monoisotopic (exact) mass is 469 g/mol. The maximum absolute atomic E-state index is 13.4. The summed E-state index contributed by atoms with van der Waals surface area (Å²) in [6.07, 6.45) is -2.53. The number of alkyl halides is 3. The van der Waals surface area contributed by atoms with Gasteiger partial charge in [0.05, 0.1) is 40.8 Å². The Hall–Kier alpha value is -3.28. The molecule has 0 fully saturated rings. The molecule has 0 aliphatic carbocycles. The summed E-state index contributed by atoms with van der Waals surface area (Å²) in [6.45, 7) is 3.85. The molecule has 0 unspecified atom stereocenters. The van der Waals surface area contributed by atoms with Crippen molar-refractivity contribution in [3.8, 4) is 5.75 Å². The van der Waals surface area contributed by atoms with Crippen molar-refractivity contribution in [2.75, 3.05) is 24.7 Å². The number of carbonyl (C=O) groups excluding carboxylic acids is 1. The second-order valence-electron chi connectivity index (χ2n) is 7.30. The average molecular weight is 469 g/mol. The summed E-state index contributed by atoms with van der Waals surface area (Å²) in [5.41, 5.74) is -1.22. The van der Waals surface area contributed by atoms with Crippen LogP contribution in [0.3, 0.4) is 0 Å². The maximum Gasteiger partial charge on any atom is 0.417 e. The first kappa shape index (κ1) is 23.4. The molecule has 0 radical (unpaired) electrons. The van der Waals surface area contributed by atoms with E-state index in [4.69, 9.17) is 4.42 Å². The van der Waals surface area contributed by atoms with E-state index in [9.17, 15) is 23.1 Å². The van der Waals surface area contributed by atoms with E-state index in [2.05, 4.69) is 19.4 Å². The third-order valence-electron chi connectivity index (χ3n) is 4.66. The van der Waals surface area contributed by atoms with Crippen molar-refractivity contribution in [1.82, 2.24) is 13.6 Å². The number of aromatic hydroxyl groups is 1. The predicted molar refractivity (Wildman–Crippen MR) is 114 cm³/mol. The zero-order valence-electron chi connectivity index (χ0n) is 17.7. The molecule has 0 saturated heterocycles. The molecule has 1 amide bonds. The van der Waals surface area contributed by atoms with Crippen LogP contribution in [-0.4, -0.2) is 38.8 Å². The Balaban J connectivity index is 1.94. The van der Waals surface area contributed by atoms with Gasteiger partial charge in [0.15, 0.2) is 17.4 Å². The molecule has 12 heteroatoms. The van der Waals surface area contributed by atoms with Crippen LogP contribution < -0.4 is 10.6 Å². The fraction of sp³-hybridized carbons (Fsp3) is 0.350. The second-order valence-corrected chi connectivity index (χ2v) is 7.83. The Morgan fingerprint density at radius 1 is 1.28 bits per heavy atom. The summed E-state index contributed by atoms with van der Waals surface area (Å²) in [6, 6.07) is 3.45. The standard InChI is InChI=1S/C20H22F3N5O3S/c1-5-12(14-8-10(2)9-31-14)24-17-18(27-32-26-17)25-13-7-6-11(20(21,22)23)15(16(13)29)19(30)28(3)4/h6-9,12,29H,5H2,1-4H3,(H,24,26)(H,25,27)/t12-/m1/s1. The number of hydrogen-bond donors (Lipinski definition) is 3. The number of phenols is 1. The molecule has 0 aliphatic rings. The van der Waals surface area contributed by atoms with E-state index >= 15 is 0 Å². The van der Waals surface area contributed by atoms with Gasteiger partial charge in [-0.1, -0.05) is 6.92 Å². The van der Waals surface area contributed by atoms with Gasteiger partial charge in [0, 0.05) is 14.1 Å². The van der Waals surface area contributed by atoms with Gasteiger partial charge in [-0.25, -0.2) is 0 Å². The van der Waals surface area contributed by atoms with Crippen LogP contribution in [0.5, 0.6) is 5.75 Å². The summed E-state index contributed by atoms with van der Waals surface area (Å²) in [4.78, 5) is 13.3. The smallest absolute Gasteiger partial charge is 0.417 e. The fourth-order valence-corrected chi connectivity index (χ4v) is 3.51. The summed E-state index contributed by atoms with van der Waals surface area (Å²) in [5.74, 6) is -0.593. The van der Waals surface area contributed by atoms with Crippen LogP contribution >= 0.6 is 11.7 Å². The fourth-order valence-electron chi connectivity index (χ4n) is 3.04. The first-order valence-electron chi connectivity index (χ1n) is 9.58. The molecule has 3 rings (SSSR count). The van der Waals surface area contributed by atoms with Crippen molar-refractivity contribution in [1.29, 1.82) is 0 Å². The number of phenolic OH excluding ortho intramolecular Hbond substituents is 1. The minimum absolute atomic E-state index is 0.110. The zero-order valence-corrected chi connectivity index (χ0v) is 18.6. The van der Waals surface area contributed by atoms with Gasteiger partial charge < -0.3 is 25.1 Å². The first-order chi connectivity index (χ1) is 15.0. The third-order valence-corrected chi connectivity index (χ3v) is 5.19. The normalized spacial score (nSPS) is 12.5. The lowest BCUT2D eigenvalue weighted by Crippen LogP contribution is -2.25. The molecule has 0 bridgehead atoms. The molecule has 3 aromatic rings. The molecule has 2 aromatic heterocycles. The lowest BCUT2D eigenvalue weighted by atomic mass is 10.0. The van der Waals surface area contributed by atoms with Gasteiger partial charge in [-0.05, 0) is 37.1 Å². The molecule has 0 aliphatic heterocycles. The van der Waals surface area contributed by atoms with Crippen LogP contribution in [0.25, 0.3) is 0 Å². The van der Waals surface area contributed by atoms with Gasteiger partial charge >= 0.3 is 6.18 Å². The van der Waals surface area contributed by atoms with E-state index in [0.29, 0.717) is 18.0 Å². The number of anilines is 3. The minimum atomic E-state index is -4.82. The van der Waals surface area contributed by atoms with Crippen molar-refractivity contribution < 1.29 is 27.5 Å². The number of nitrogens with zero attached hydrogens (tertiary/aromatic N) is 3. The molecule has 2 heterocycles. The van der Waals surface area contributed by atoms with Crippen LogP contribution in [0.4, 0.5) is 30.5 Å². The maximum atomic E-state index is 13.4. The number of amides is 1. The Morgan fingerprint density at radius 2 is 1.97 bits per heavy atom. The van der Waals surface area contributed by atoms with E-state index in [1.807, 2.05) is 19.9 Å². The Bertz CT molecular complexity index is 1110. The van der Waals surface area contributed by atoms with Crippen LogP contribution in [0.2, 0.25) is 0 Å². The lowest BCUT2D eigenvalue weighted by Gasteiger charge is -2.19.